The lowest BCUT2D eigenvalue weighted by Crippen LogP contribution is -2.15. The monoisotopic (exact) mass is 296 g/mol. The Labute approximate surface area is 116 Å². The lowest BCUT2D eigenvalue weighted by molar-refractivity contribution is -0.384. The van der Waals surface area contributed by atoms with Gasteiger partial charge in [-0.1, -0.05) is 0 Å². The molecule has 0 bridgehead atoms. The van der Waals surface area contributed by atoms with Crippen molar-refractivity contribution in [1.82, 2.24) is 0 Å². The van der Waals surface area contributed by atoms with E-state index in [4.69, 9.17) is 0 Å². The minimum absolute atomic E-state index is 0.0608. The summed E-state index contributed by atoms with van der Waals surface area (Å²) >= 11 is 0. The van der Waals surface area contributed by atoms with E-state index >= 15 is 0 Å². The van der Waals surface area contributed by atoms with Crippen molar-refractivity contribution < 1.29 is 22.9 Å². The van der Waals surface area contributed by atoms with Crippen molar-refractivity contribution in [2.24, 2.45) is 0 Å². The third kappa shape index (κ3) is 2.99. The third-order valence-electron chi connectivity index (χ3n) is 2.61. The fourth-order valence-electron chi connectivity index (χ4n) is 1.60. The van der Waals surface area contributed by atoms with Crippen LogP contribution in [0.15, 0.2) is 36.4 Å². The summed E-state index contributed by atoms with van der Waals surface area (Å²) in [6, 6.07) is 5.51. The number of benzene rings is 2. The molecule has 2 aromatic carbocycles. The lowest BCUT2D eigenvalue weighted by atomic mass is 10.2. The molecular weight excluding hydrogens is 289 g/mol. The Morgan fingerprint density at radius 2 is 1.67 bits per heavy atom. The van der Waals surface area contributed by atoms with E-state index in [1.54, 1.807) is 0 Å². The summed E-state index contributed by atoms with van der Waals surface area (Å²) in [5, 5.41) is 12.7. The highest BCUT2D eigenvalue weighted by Crippen LogP contribution is 2.29. The smallest absolute Gasteiger partial charge is 0.296 e. The summed E-state index contributed by atoms with van der Waals surface area (Å²) in [4.78, 5) is 21.6. The minimum Gasteiger partial charge on any atom is -0.314 e. The van der Waals surface area contributed by atoms with E-state index in [1.807, 2.05) is 5.32 Å². The fraction of sp³-hybridized carbons (Fsp3) is 0. The average molecular weight is 296 g/mol. The van der Waals surface area contributed by atoms with Gasteiger partial charge in [-0.15, -0.1) is 0 Å². The Kier molecular flexibility index (Phi) is 3.88. The van der Waals surface area contributed by atoms with Crippen LogP contribution in [0.5, 0.6) is 0 Å². The third-order valence-corrected chi connectivity index (χ3v) is 2.61. The van der Waals surface area contributed by atoms with Crippen LogP contribution in [0.4, 0.5) is 24.5 Å². The van der Waals surface area contributed by atoms with Crippen LogP contribution in [0.25, 0.3) is 0 Å². The van der Waals surface area contributed by atoms with Crippen molar-refractivity contribution in [2.75, 3.05) is 5.32 Å². The number of hydrogen-bond acceptors (Lipinski definition) is 3. The molecule has 0 atom stereocenters. The number of halogens is 3. The van der Waals surface area contributed by atoms with Gasteiger partial charge in [0, 0.05) is 11.6 Å². The first-order valence-corrected chi connectivity index (χ1v) is 5.59. The summed E-state index contributed by atoms with van der Waals surface area (Å²) in [6.07, 6.45) is 0. The number of carbonyl (C=O) groups is 1. The van der Waals surface area contributed by atoms with Gasteiger partial charge in [-0.2, -0.15) is 0 Å². The highest BCUT2D eigenvalue weighted by atomic mass is 19.2. The Morgan fingerprint density at radius 1 is 1.05 bits per heavy atom. The molecule has 0 heterocycles. The van der Waals surface area contributed by atoms with Gasteiger partial charge in [0.25, 0.3) is 11.6 Å². The second kappa shape index (κ2) is 5.61. The summed E-state index contributed by atoms with van der Waals surface area (Å²) in [6.45, 7) is 0. The molecule has 0 unspecified atom stereocenters. The largest absolute Gasteiger partial charge is 0.314 e. The molecule has 21 heavy (non-hydrogen) atoms. The zero-order valence-electron chi connectivity index (χ0n) is 10.3. The molecule has 0 aliphatic rings. The summed E-state index contributed by atoms with van der Waals surface area (Å²) in [5.74, 6) is -4.40. The number of nitro groups is 1. The van der Waals surface area contributed by atoms with Crippen molar-refractivity contribution in [1.29, 1.82) is 0 Å². The van der Waals surface area contributed by atoms with Crippen molar-refractivity contribution in [3.8, 4) is 0 Å². The molecular formula is C13H7F3N2O3. The SMILES string of the molecule is O=C(Nc1c([N+](=O)[O-])ccc(F)c1F)c1ccc(F)cc1. The van der Waals surface area contributed by atoms with Crippen molar-refractivity contribution in [3.63, 3.8) is 0 Å². The maximum absolute atomic E-state index is 13.6. The van der Waals surface area contributed by atoms with E-state index in [-0.39, 0.29) is 5.56 Å². The number of nitrogens with one attached hydrogen (secondary N) is 1. The average Bonchev–Trinajstić information content (AvgIpc) is 2.44. The predicted molar refractivity (Wildman–Crippen MR) is 67.4 cm³/mol. The van der Waals surface area contributed by atoms with E-state index in [2.05, 4.69) is 0 Å². The number of hydrogen-bond donors (Lipinski definition) is 1. The van der Waals surface area contributed by atoms with Crippen LogP contribution in [0.3, 0.4) is 0 Å². The Hall–Kier alpha value is -2.90. The number of amides is 1. The predicted octanol–water partition coefficient (Wildman–Crippen LogP) is 3.26. The number of nitrogens with zero attached hydrogens (tertiary/aromatic N) is 1. The van der Waals surface area contributed by atoms with E-state index in [0.29, 0.717) is 6.07 Å². The van der Waals surface area contributed by atoms with Crippen LogP contribution in [0.1, 0.15) is 10.4 Å². The van der Waals surface area contributed by atoms with Crippen LogP contribution in [0, 0.1) is 27.6 Å². The van der Waals surface area contributed by atoms with Crippen LogP contribution in [-0.2, 0) is 0 Å². The second-order valence-electron chi connectivity index (χ2n) is 3.97. The van der Waals surface area contributed by atoms with Gasteiger partial charge in [0.05, 0.1) is 4.92 Å². The van der Waals surface area contributed by atoms with Crippen LogP contribution < -0.4 is 5.32 Å². The molecule has 0 aromatic heterocycles. The molecule has 2 aromatic rings. The van der Waals surface area contributed by atoms with Gasteiger partial charge < -0.3 is 5.32 Å². The molecule has 8 heteroatoms. The van der Waals surface area contributed by atoms with Crippen molar-refractivity contribution in [2.45, 2.75) is 0 Å². The topological polar surface area (TPSA) is 72.2 Å². The van der Waals surface area contributed by atoms with E-state index in [9.17, 15) is 28.1 Å². The molecule has 0 fully saturated rings. The van der Waals surface area contributed by atoms with Crippen molar-refractivity contribution >= 4 is 17.3 Å². The van der Waals surface area contributed by atoms with Gasteiger partial charge in [-0.05, 0) is 30.3 Å². The van der Waals surface area contributed by atoms with E-state index in [0.717, 1.165) is 30.3 Å². The maximum atomic E-state index is 13.6. The molecule has 0 aliphatic heterocycles. The molecule has 0 radical (unpaired) electrons. The van der Waals surface area contributed by atoms with E-state index < -0.39 is 39.7 Å². The first kappa shape index (κ1) is 14.5. The van der Waals surface area contributed by atoms with Gasteiger partial charge in [0.15, 0.2) is 17.3 Å². The number of rotatable bonds is 3. The highest BCUT2D eigenvalue weighted by molar-refractivity contribution is 6.05. The molecule has 0 spiro atoms. The lowest BCUT2D eigenvalue weighted by Gasteiger charge is -2.07. The summed E-state index contributed by atoms with van der Waals surface area (Å²) in [5.41, 5.74) is -1.73. The standard InChI is InChI=1S/C13H7F3N2O3/c14-8-3-1-7(2-4-8)13(19)17-12-10(18(20)21)6-5-9(15)11(12)16/h1-6H,(H,17,19). The van der Waals surface area contributed by atoms with Crippen LogP contribution in [-0.4, -0.2) is 10.8 Å². The summed E-state index contributed by atoms with van der Waals surface area (Å²) < 4.78 is 39.5. The molecule has 0 aliphatic carbocycles. The van der Waals surface area contributed by atoms with Crippen LogP contribution >= 0.6 is 0 Å². The number of anilines is 1. The highest BCUT2D eigenvalue weighted by Gasteiger charge is 2.23. The first-order chi connectivity index (χ1) is 9.90. The Morgan fingerprint density at radius 3 is 2.24 bits per heavy atom. The quantitative estimate of drug-likeness (QED) is 0.698. The maximum Gasteiger partial charge on any atom is 0.296 e. The van der Waals surface area contributed by atoms with Gasteiger partial charge in [0.2, 0.25) is 0 Å². The number of carbonyl (C=O) groups excluding carboxylic acids is 1. The molecule has 1 amide bonds. The Balaban J connectivity index is 2.38. The molecule has 0 saturated carbocycles. The zero-order chi connectivity index (χ0) is 15.6. The Bertz CT molecular complexity index is 717. The van der Waals surface area contributed by atoms with Gasteiger partial charge in [-0.25, -0.2) is 13.2 Å². The molecule has 0 saturated heterocycles. The molecule has 108 valence electrons. The molecule has 5 nitrogen and oxygen atoms in total. The zero-order valence-corrected chi connectivity index (χ0v) is 10.3. The fourth-order valence-corrected chi connectivity index (χ4v) is 1.60. The van der Waals surface area contributed by atoms with Gasteiger partial charge in [-0.3, -0.25) is 14.9 Å². The first-order valence-electron chi connectivity index (χ1n) is 5.59. The number of nitro benzene ring substituents is 1. The minimum atomic E-state index is -1.54. The van der Waals surface area contributed by atoms with Crippen LogP contribution in [0.2, 0.25) is 0 Å². The van der Waals surface area contributed by atoms with E-state index in [1.165, 1.54) is 0 Å². The summed E-state index contributed by atoms with van der Waals surface area (Å²) in [7, 11) is 0. The normalized spacial score (nSPS) is 10.2. The molecule has 1 N–H and O–H groups in total. The van der Waals surface area contributed by atoms with Crippen molar-refractivity contribution in [3.05, 3.63) is 69.5 Å². The van der Waals surface area contributed by atoms with Gasteiger partial charge >= 0.3 is 0 Å². The van der Waals surface area contributed by atoms with Gasteiger partial charge in [0.1, 0.15) is 5.82 Å². The molecule has 2 rings (SSSR count). The second-order valence-corrected chi connectivity index (χ2v) is 3.97.